The average Bonchev–Trinajstić information content (AvgIpc) is 2.68. The van der Waals surface area contributed by atoms with Crippen LogP contribution in [0.3, 0.4) is 0 Å². The fraction of sp³-hybridized carbons (Fsp3) is 0.200. The number of rotatable bonds is 8. The molecular weight excluding hydrogens is 382 g/mol. The molecule has 2 aromatic carbocycles. The van der Waals surface area contributed by atoms with Crippen LogP contribution in [-0.2, 0) is 16.1 Å². The zero-order valence-electron chi connectivity index (χ0n) is 15.8. The van der Waals surface area contributed by atoms with Crippen LogP contribution in [0.4, 0.5) is 0 Å². The second-order valence-corrected chi connectivity index (χ2v) is 6.35. The Labute approximate surface area is 168 Å². The maximum Gasteiger partial charge on any atom is 0.328 e. The summed E-state index contributed by atoms with van der Waals surface area (Å²) in [5, 5.41) is 18.8. The number of ether oxygens (including phenoxy) is 2. The van der Waals surface area contributed by atoms with Gasteiger partial charge in [-0.15, -0.1) is 0 Å². The number of aliphatic carboxylic acids is 2. The van der Waals surface area contributed by atoms with Gasteiger partial charge in [0, 0.05) is 23.6 Å². The van der Waals surface area contributed by atoms with E-state index >= 15 is 0 Å². The van der Waals surface area contributed by atoms with Crippen LogP contribution in [0.25, 0.3) is 0 Å². The van der Waals surface area contributed by atoms with Crippen molar-refractivity contribution < 1.29 is 29.3 Å². The molecule has 2 aromatic rings. The number of nitrogens with one attached hydrogen (secondary N) is 1. The van der Waals surface area contributed by atoms with Crippen LogP contribution in [0.15, 0.2) is 64.4 Å². The van der Waals surface area contributed by atoms with Crippen molar-refractivity contribution in [3.8, 4) is 11.5 Å². The first-order valence-electron chi connectivity index (χ1n) is 8.17. The molecule has 0 spiro atoms. The molecule has 2 rings (SSSR count). The predicted octanol–water partition coefficient (Wildman–Crippen LogP) is 3.29. The lowest BCUT2D eigenvalue weighted by Crippen LogP contribution is -2.05. The van der Waals surface area contributed by atoms with Crippen LogP contribution in [0.2, 0.25) is 0 Å². The Kier molecular flexibility index (Phi) is 10.2. The Morgan fingerprint density at radius 1 is 1.00 bits per heavy atom. The Hall–Kier alpha value is -2.97. The monoisotopic (exact) mass is 405 g/mol. The highest BCUT2D eigenvalue weighted by Crippen LogP contribution is 2.38. The van der Waals surface area contributed by atoms with Crippen LogP contribution in [-0.4, -0.2) is 43.4 Å². The van der Waals surface area contributed by atoms with E-state index in [9.17, 15) is 9.59 Å². The number of hydrogen-bond acceptors (Lipinski definition) is 6. The summed E-state index contributed by atoms with van der Waals surface area (Å²) in [5.41, 5.74) is 1.27. The van der Waals surface area contributed by atoms with Crippen molar-refractivity contribution >= 4 is 23.7 Å². The molecule has 0 aliphatic heterocycles. The summed E-state index contributed by atoms with van der Waals surface area (Å²) < 4.78 is 10.7. The fourth-order valence-electron chi connectivity index (χ4n) is 2.06. The zero-order chi connectivity index (χ0) is 20.9. The van der Waals surface area contributed by atoms with Gasteiger partial charge in [0.25, 0.3) is 0 Å². The van der Waals surface area contributed by atoms with Crippen molar-refractivity contribution in [2.24, 2.45) is 0 Å². The van der Waals surface area contributed by atoms with Gasteiger partial charge in [-0.2, -0.15) is 0 Å². The van der Waals surface area contributed by atoms with Gasteiger partial charge in [-0.1, -0.05) is 30.0 Å². The van der Waals surface area contributed by atoms with E-state index in [-0.39, 0.29) is 0 Å². The summed E-state index contributed by atoms with van der Waals surface area (Å²) >= 11 is 1.69. The molecule has 3 N–H and O–H groups in total. The first-order chi connectivity index (χ1) is 13.4. The molecule has 150 valence electrons. The van der Waals surface area contributed by atoms with Crippen molar-refractivity contribution in [1.82, 2.24) is 5.32 Å². The van der Waals surface area contributed by atoms with Gasteiger partial charge in [-0.05, 0) is 36.9 Å². The Balaban J connectivity index is 0.000000416. The summed E-state index contributed by atoms with van der Waals surface area (Å²) in [6.07, 6.45) is 1.12. The van der Waals surface area contributed by atoms with Gasteiger partial charge in [0.2, 0.25) is 0 Å². The first kappa shape index (κ1) is 23.1. The number of benzene rings is 2. The molecule has 0 radical (unpaired) electrons. The Morgan fingerprint density at radius 3 is 2.18 bits per heavy atom. The van der Waals surface area contributed by atoms with E-state index in [1.54, 1.807) is 26.0 Å². The van der Waals surface area contributed by atoms with E-state index in [0.717, 1.165) is 22.9 Å². The summed E-state index contributed by atoms with van der Waals surface area (Å²) in [7, 11) is 5.31. The van der Waals surface area contributed by atoms with Crippen LogP contribution in [0.5, 0.6) is 11.5 Å². The quantitative estimate of drug-likeness (QED) is 0.575. The lowest BCUT2D eigenvalue weighted by Gasteiger charge is -2.12. The van der Waals surface area contributed by atoms with Crippen molar-refractivity contribution in [2.75, 3.05) is 21.3 Å². The van der Waals surface area contributed by atoms with Gasteiger partial charge in [-0.3, -0.25) is 0 Å². The number of methoxy groups -OCH3 is 2. The van der Waals surface area contributed by atoms with Crippen molar-refractivity contribution in [2.45, 2.75) is 16.3 Å². The van der Waals surface area contributed by atoms with E-state index in [0.29, 0.717) is 12.2 Å². The molecule has 0 aliphatic carbocycles. The molecule has 0 unspecified atom stereocenters. The van der Waals surface area contributed by atoms with E-state index in [1.165, 1.54) is 10.5 Å². The number of carbonyl (C=O) groups is 2. The highest BCUT2D eigenvalue weighted by Gasteiger charge is 2.09. The fourth-order valence-corrected chi connectivity index (χ4v) is 3.15. The second kappa shape index (κ2) is 12.4. The lowest BCUT2D eigenvalue weighted by molar-refractivity contribution is -0.134. The molecule has 0 aliphatic rings. The largest absolute Gasteiger partial charge is 0.497 e. The molecule has 0 saturated carbocycles. The minimum atomic E-state index is -1.26. The van der Waals surface area contributed by atoms with Gasteiger partial charge >= 0.3 is 11.9 Å². The van der Waals surface area contributed by atoms with Crippen molar-refractivity contribution in [3.63, 3.8) is 0 Å². The maximum absolute atomic E-state index is 9.55. The smallest absolute Gasteiger partial charge is 0.328 e. The molecule has 0 heterocycles. The molecule has 0 aromatic heterocycles. The summed E-state index contributed by atoms with van der Waals surface area (Å²) in [4.78, 5) is 21.4. The van der Waals surface area contributed by atoms with Crippen LogP contribution in [0, 0.1) is 0 Å². The number of carboxylic acids is 2. The summed E-state index contributed by atoms with van der Waals surface area (Å²) in [5.74, 6) is -0.825. The van der Waals surface area contributed by atoms with Gasteiger partial charge in [0.05, 0.1) is 19.1 Å². The highest BCUT2D eigenvalue weighted by molar-refractivity contribution is 7.99. The third-order valence-electron chi connectivity index (χ3n) is 3.30. The van der Waals surface area contributed by atoms with Crippen molar-refractivity contribution in [1.29, 1.82) is 0 Å². The van der Waals surface area contributed by atoms with E-state index in [2.05, 4.69) is 23.5 Å². The molecule has 28 heavy (non-hydrogen) atoms. The average molecular weight is 405 g/mol. The second-order valence-electron chi connectivity index (χ2n) is 5.27. The molecule has 7 nitrogen and oxygen atoms in total. The van der Waals surface area contributed by atoms with Crippen LogP contribution in [0.1, 0.15) is 5.56 Å². The summed E-state index contributed by atoms with van der Waals surface area (Å²) in [6, 6.07) is 14.2. The molecular formula is C20H23NO6S. The third-order valence-corrected chi connectivity index (χ3v) is 4.46. The number of carboxylic acid groups (broad SMARTS) is 2. The van der Waals surface area contributed by atoms with E-state index < -0.39 is 11.9 Å². The predicted molar refractivity (Wildman–Crippen MR) is 107 cm³/mol. The minimum Gasteiger partial charge on any atom is -0.497 e. The highest BCUT2D eigenvalue weighted by atomic mass is 32.2. The molecule has 0 saturated heterocycles. The normalized spacial score (nSPS) is 10.1. The molecule has 0 fully saturated rings. The van der Waals surface area contributed by atoms with Crippen LogP contribution < -0.4 is 14.8 Å². The maximum atomic E-state index is 9.55. The van der Waals surface area contributed by atoms with Crippen LogP contribution >= 0.6 is 11.8 Å². The minimum absolute atomic E-state index is 0.558. The molecule has 0 amide bonds. The molecule has 8 heteroatoms. The van der Waals surface area contributed by atoms with Gasteiger partial charge < -0.3 is 25.0 Å². The number of hydrogen-bond donors (Lipinski definition) is 3. The molecule has 0 atom stereocenters. The topological polar surface area (TPSA) is 105 Å². The zero-order valence-corrected chi connectivity index (χ0v) is 16.7. The third kappa shape index (κ3) is 8.15. The Morgan fingerprint density at radius 2 is 1.64 bits per heavy atom. The Bertz CT molecular complexity index is 806. The van der Waals surface area contributed by atoms with Crippen molar-refractivity contribution in [3.05, 3.63) is 60.2 Å². The standard InChI is InChI=1S/C16H19NO2S.C4H4O4/c1-17-11-12-6-4-5-7-15(12)20-16-10-13(18-2)8-9-14(16)19-3;5-3(6)1-2-4(7)8/h4-10,17H,11H2,1-3H3;1-2H,(H,5,6)(H,7,8). The van der Waals surface area contributed by atoms with Gasteiger partial charge in [0.15, 0.2) is 0 Å². The summed E-state index contributed by atoms with van der Waals surface area (Å²) in [6.45, 7) is 0.843. The first-order valence-corrected chi connectivity index (χ1v) is 8.99. The SMILES string of the molecule is CNCc1ccccc1Sc1cc(OC)ccc1OC.O=C(O)C=CC(=O)O. The lowest BCUT2D eigenvalue weighted by atomic mass is 10.2. The van der Waals surface area contributed by atoms with Gasteiger partial charge in [0.1, 0.15) is 11.5 Å². The molecule has 0 bridgehead atoms. The van der Waals surface area contributed by atoms with Gasteiger partial charge in [-0.25, -0.2) is 9.59 Å². The van der Waals surface area contributed by atoms with E-state index in [1.807, 2.05) is 31.3 Å². The van der Waals surface area contributed by atoms with E-state index in [4.69, 9.17) is 19.7 Å².